The number of phenolic OH excluding ortho intramolecular Hbond substituents is 1. The van der Waals surface area contributed by atoms with E-state index >= 15 is 0 Å². The second kappa shape index (κ2) is 8.65. The Hall–Kier alpha value is 0.0839. The van der Waals surface area contributed by atoms with Crippen LogP contribution in [-0.4, -0.2) is 29.1 Å². The van der Waals surface area contributed by atoms with Crippen LogP contribution < -0.4 is 0 Å². The monoisotopic (exact) mass is 363 g/mol. The van der Waals surface area contributed by atoms with Gasteiger partial charge in [-0.15, -0.1) is 16.7 Å². The van der Waals surface area contributed by atoms with Gasteiger partial charge in [0.05, 0.1) is 0 Å². The average Bonchev–Trinajstić information content (AvgIpc) is 2.45. The number of piperidine rings is 1. The second-order valence-corrected chi connectivity index (χ2v) is 6.40. The minimum absolute atomic E-state index is 0. The van der Waals surface area contributed by atoms with Gasteiger partial charge in [-0.2, -0.15) is 12.1 Å². The van der Waals surface area contributed by atoms with Gasteiger partial charge in [-0.05, 0) is 52.1 Å². The molecule has 1 saturated heterocycles. The summed E-state index contributed by atoms with van der Waals surface area (Å²) in [5, 5.41) is 10.3. The molecular weight excluding hydrogens is 335 g/mol. The number of aromatic hydroxyl groups is 1. The Morgan fingerprint density at radius 2 is 1.95 bits per heavy atom. The standard InChI is InChI=1S/C18H28NO.Y/c1-5-16-7-6-14(4)18(20)17(16)12-15-8-10-19(11-9-15)13(2)3;/h7,13,15,20H,5,8-12H2,1-4H3;/q-1;. The quantitative estimate of drug-likeness (QED) is 0.825. The van der Waals surface area contributed by atoms with E-state index in [0.29, 0.717) is 17.7 Å². The summed E-state index contributed by atoms with van der Waals surface area (Å²) in [6, 6.07) is 5.88. The Morgan fingerprint density at radius 3 is 2.48 bits per heavy atom. The smallest absolute Gasteiger partial charge is 0.00954 e. The van der Waals surface area contributed by atoms with Gasteiger partial charge in [-0.1, -0.05) is 20.3 Å². The van der Waals surface area contributed by atoms with Crippen molar-refractivity contribution < 1.29 is 37.8 Å². The van der Waals surface area contributed by atoms with Gasteiger partial charge in [-0.3, -0.25) is 0 Å². The van der Waals surface area contributed by atoms with E-state index in [-0.39, 0.29) is 32.7 Å². The Balaban J connectivity index is 0.00000220. The summed E-state index contributed by atoms with van der Waals surface area (Å²) in [4.78, 5) is 2.56. The molecule has 1 fully saturated rings. The van der Waals surface area contributed by atoms with Crippen LogP contribution in [0.2, 0.25) is 0 Å². The molecule has 1 aromatic rings. The van der Waals surface area contributed by atoms with Crippen molar-refractivity contribution in [3.8, 4) is 5.75 Å². The van der Waals surface area contributed by atoms with E-state index in [1.54, 1.807) is 0 Å². The Bertz CT molecular complexity index is 451. The molecule has 0 amide bonds. The number of nitrogens with zero attached hydrogens (tertiary/aromatic N) is 1. The van der Waals surface area contributed by atoms with Gasteiger partial charge < -0.3 is 10.0 Å². The van der Waals surface area contributed by atoms with E-state index in [1.165, 1.54) is 37.1 Å². The number of hydrogen-bond donors (Lipinski definition) is 1. The Kier molecular flexibility index (Phi) is 7.88. The van der Waals surface area contributed by atoms with E-state index in [2.05, 4.69) is 37.8 Å². The maximum atomic E-state index is 10.3. The maximum Gasteiger partial charge on any atom is 0.00954 e. The van der Waals surface area contributed by atoms with E-state index in [9.17, 15) is 5.11 Å². The molecule has 115 valence electrons. The summed E-state index contributed by atoms with van der Waals surface area (Å²) in [7, 11) is 0. The van der Waals surface area contributed by atoms with Crippen molar-refractivity contribution in [2.75, 3.05) is 13.1 Å². The van der Waals surface area contributed by atoms with Crippen molar-refractivity contribution in [3.05, 3.63) is 28.8 Å². The number of rotatable bonds is 4. The first kappa shape index (κ1) is 19.1. The van der Waals surface area contributed by atoms with E-state index in [0.717, 1.165) is 18.4 Å². The molecule has 21 heavy (non-hydrogen) atoms. The molecule has 0 unspecified atom stereocenters. The first-order chi connectivity index (χ1) is 9.52. The number of aryl methyl sites for hydroxylation is 2. The Labute approximate surface area is 155 Å². The molecule has 2 nitrogen and oxygen atoms in total. The predicted molar refractivity (Wildman–Crippen MR) is 84.2 cm³/mol. The van der Waals surface area contributed by atoms with Crippen molar-refractivity contribution in [2.24, 2.45) is 5.92 Å². The third kappa shape index (κ3) is 4.78. The molecule has 0 aromatic heterocycles. The zero-order valence-corrected chi connectivity index (χ0v) is 16.8. The number of benzene rings is 1. The summed E-state index contributed by atoms with van der Waals surface area (Å²) in [6.45, 7) is 11.0. The van der Waals surface area contributed by atoms with Crippen molar-refractivity contribution in [1.82, 2.24) is 4.90 Å². The molecule has 1 N–H and O–H groups in total. The minimum Gasteiger partial charge on any atom is -0.565 e. The summed E-state index contributed by atoms with van der Waals surface area (Å²) >= 11 is 0. The van der Waals surface area contributed by atoms with Crippen LogP contribution in [0.5, 0.6) is 5.75 Å². The van der Waals surface area contributed by atoms with Crippen LogP contribution in [-0.2, 0) is 45.6 Å². The number of hydrogen-bond acceptors (Lipinski definition) is 2. The van der Waals surface area contributed by atoms with Crippen LogP contribution in [0.1, 0.15) is 50.3 Å². The molecule has 0 atom stereocenters. The van der Waals surface area contributed by atoms with Crippen molar-refractivity contribution in [3.63, 3.8) is 0 Å². The number of phenols is 1. The normalized spacial score (nSPS) is 17.0. The van der Waals surface area contributed by atoms with Crippen molar-refractivity contribution in [1.29, 1.82) is 0 Å². The fraction of sp³-hybridized carbons (Fsp3) is 0.667. The van der Waals surface area contributed by atoms with E-state index in [4.69, 9.17) is 0 Å². The van der Waals surface area contributed by atoms with Gasteiger partial charge in [0.1, 0.15) is 0 Å². The minimum atomic E-state index is 0. The Morgan fingerprint density at radius 1 is 1.33 bits per heavy atom. The van der Waals surface area contributed by atoms with Gasteiger partial charge in [0.2, 0.25) is 0 Å². The summed E-state index contributed by atoms with van der Waals surface area (Å²) < 4.78 is 0. The van der Waals surface area contributed by atoms with Crippen LogP contribution in [0.15, 0.2) is 6.07 Å². The van der Waals surface area contributed by atoms with Crippen molar-refractivity contribution >= 4 is 0 Å². The molecular formula is C18H28NOY-. The zero-order chi connectivity index (χ0) is 14.7. The maximum absolute atomic E-state index is 10.3. The van der Waals surface area contributed by atoms with Crippen LogP contribution in [0, 0.1) is 18.9 Å². The largest absolute Gasteiger partial charge is 0.565 e. The molecule has 1 radical (unpaired) electrons. The summed E-state index contributed by atoms with van der Waals surface area (Å²) in [5.74, 6) is 1.19. The van der Waals surface area contributed by atoms with Gasteiger partial charge in [0.15, 0.2) is 0 Å². The molecule has 1 aliphatic heterocycles. The molecule has 2 rings (SSSR count). The van der Waals surface area contributed by atoms with Gasteiger partial charge in [0, 0.05) is 44.5 Å². The molecule has 1 heterocycles. The van der Waals surface area contributed by atoms with Gasteiger partial charge >= 0.3 is 0 Å². The van der Waals surface area contributed by atoms with Crippen LogP contribution in [0.3, 0.4) is 0 Å². The topological polar surface area (TPSA) is 23.5 Å². The van der Waals surface area contributed by atoms with Crippen molar-refractivity contribution in [2.45, 2.75) is 59.4 Å². The molecule has 0 bridgehead atoms. The molecule has 0 saturated carbocycles. The van der Waals surface area contributed by atoms with Gasteiger partial charge in [-0.25, -0.2) is 0 Å². The van der Waals surface area contributed by atoms with Crippen LogP contribution >= 0.6 is 0 Å². The fourth-order valence-corrected chi connectivity index (χ4v) is 3.23. The molecule has 1 aliphatic rings. The zero-order valence-electron chi connectivity index (χ0n) is 13.9. The predicted octanol–water partition coefficient (Wildman–Crippen LogP) is 3.72. The third-order valence-electron chi connectivity index (χ3n) is 4.74. The first-order valence-electron chi connectivity index (χ1n) is 7.99. The van der Waals surface area contributed by atoms with Gasteiger partial charge in [0.25, 0.3) is 0 Å². The SMILES string of the molecule is CCc1c[c-]c(C)c(O)c1CC1CCN(C(C)C)CC1.[Y]. The number of likely N-dealkylation sites (tertiary alicyclic amines) is 1. The van der Waals surface area contributed by atoms with E-state index < -0.39 is 0 Å². The third-order valence-corrected chi connectivity index (χ3v) is 4.74. The van der Waals surface area contributed by atoms with E-state index in [1.807, 2.05) is 6.92 Å². The average molecular weight is 363 g/mol. The summed E-state index contributed by atoms with van der Waals surface area (Å²) in [6.07, 6.45) is 4.50. The molecule has 3 heteroatoms. The van der Waals surface area contributed by atoms with Crippen LogP contribution in [0.4, 0.5) is 0 Å². The summed E-state index contributed by atoms with van der Waals surface area (Å²) in [5.41, 5.74) is 3.32. The molecule has 0 spiro atoms. The second-order valence-electron chi connectivity index (χ2n) is 6.40. The first-order valence-corrected chi connectivity index (χ1v) is 7.99. The molecule has 0 aliphatic carbocycles. The fourth-order valence-electron chi connectivity index (χ4n) is 3.23. The molecule has 1 aromatic carbocycles. The van der Waals surface area contributed by atoms with Crippen LogP contribution in [0.25, 0.3) is 0 Å².